The molecule has 4 aromatic rings. The number of amides is 4. The number of carbonyl (C=O) groups is 4. The van der Waals surface area contributed by atoms with E-state index in [0.29, 0.717) is 22.5 Å². The van der Waals surface area contributed by atoms with Gasteiger partial charge in [0.05, 0.1) is 34.5 Å². The summed E-state index contributed by atoms with van der Waals surface area (Å²) in [5.41, 5.74) is 3.57. The predicted molar refractivity (Wildman–Crippen MR) is 155 cm³/mol. The molecule has 7 rings (SSSR count). The molecule has 0 bridgehead atoms. The first-order valence-corrected chi connectivity index (χ1v) is 13.9. The lowest BCUT2D eigenvalue weighted by atomic mass is 9.54. The van der Waals surface area contributed by atoms with E-state index in [4.69, 9.17) is 0 Å². The van der Waals surface area contributed by atoms with Crippen molar-refractivity contribution in [3.05, 3.63) is 131 Å². The van der Waals surface area contributed by atoms with E-state index in [0.717, 1.165) is 16.7 Å². The number of anilines is 2. The van der Waals surface area contributed by atoms with E-state index in [1.807, 2.05) is 68.4 Å². The van der Waals surface area contributed by atoms with Gasteiger partial charge in [0.15, 0.2) is 0 Å². The Balaban J connectivity index is 1.52. The molecular formula is C35H28N2O4. The van der Waals surface area contributed by atoms with E-state index in [1.165, 1.54) is 9.80 Å². The van der Waals surface area contributed by atoms with Crippen LogP contribution in [-0.2, 0) is 25.6 Å². The minimum atomic E-state index is -1.48. The Morgan fingerprint density at radius 1 is 0.610 bits per heavy atom. The van der Waals surface area contributed by atoms with E-state index in [1.54, 1.807) is 48.5 Å². The quantitative estimate of drug-likeness (QED) is 0.322. The SMILES string of the molecule is Cc1ccc(C[C@@]23C(=O)N(c4ccccc4)C(=O)[C@@H]2c2cc(C)ccc2[C@H]2C(=O)N(c4ccccc4)C(=O)[C@@H]23)cc1. The summed E-state index contributed by atoms with van der Waals surface area (Å²) < 4.78 is 0. The van der Waals surface area contributed by atoms with Gasteiger partial charge >= 0.3 is 0 Å². The molecule has 2 aliphatic heterocycles. The van der Waals surface area contributed by atoms with Crippen LogP contribution in [0.4, 0.5) is 11.4 Å². The summed E-state index contributed by atoms with van der Waals surface area (Å²) in [6, 6.07) is 31.2. The van der Waals surface area contributed by atoms with E-state index in [-0.39, 0.29) is 18.2 Å². The molecular weight excluding hydrogens is 512 g/mol. The highest BCUT2D eigenvalue weighted by atomic mass is 16.2. The number of nitrogens with zero attached hydrogens (tertiary/aromatic N) is 2. The van der Waals surface area contributed by atoms with Gasteiger partial charge in [-0.1, -0.05) is 90.0 Å². The molecule has 1 aliphatic carbocycles. The summed E-state index contributed by atoms with van der Waals surface area (Å²) in [6.07, 6.45) is 0.155. The van der Waals surface area contributed by atoms with Gasteiger partial charge in [0.1, 0.15) is 0 Å². The molecule has 0 saturated carbocycles. The van der Waals surface area contributed by atoms with Crippen molar-refractivity contribution < 1.29 is 19.2 Å². The second kappa shape index (κ2) is 9.10. The summed E-state index contributed by atoms with van der Waals surface area (Å²) >= 11 is 0. The second-order valence-corrected chi connectivity index (χ2v) is 11.4. The highest BCUT2D eigenvalue weighted by molar-refractivity contribution is 6.31. The summed E-state index contributed by atoms with van der Waals surface area (Å²) in [5, 5.41) is 0. The number of aryl methyl sites for hydroxylation is 2. The highest BCUT2D eigenvalue weighted by Crippen LogP contribution is 2.63. The van der Waals surface area contributed by atoms with Crippen molar-refractivity contribution >= 4 is 35.0 Å². The van der Waals surface area contributed by atoms with Crippen LogP contribution >= 0.6 is 0 Å². The van der Waals surface area contributed by atoms with Crippen molar-refractivity contribution in [1.29, 1.82) is 0 Å². The zero-order chi connectivity index (χ0) is 28.5. The molecule has 202 valence electrons. The Bertz CT molecular complexity index is 1730. The standard InChI is InChI=1S/C35H28N2O4/c1-21-13-16-23(17-14-21)20-35-29(32(39)37(34(35)41)25-11-7-4-8-12-25)27-19-22(2)15-18-26(27)28-30(35)33(40)36(31(28)38)24-9-5-3-6-10-24/h3-19,28-30H,20H2,1-2H3/t28-,29+,30-,35-/m1/s1. The van der Waals surface area contributed by atoms with Crippen molar-refractivity contribution in [2.45, 2.75) is 32.1 Å². The number of imide groups is 2. The van der Waals surface area contributed by atoms with Gasteiger partial charge in [-0.3, -0.25) is 19.2 Å². The average Bonchev–Trinajstić information content (AvgIpc) is 3.37. The van der Waals surface area contributed by atoms with Crippen molar-refractivity contribution in [2.75, 3.05) is 9.80 Å². The van der Waals surface area contributed by atoms with Crippen LogP contribution in [0.1, 0.15) is 39.7 Å². The van der Waals surface area contributed by atoms with E-state index in [2.05, 4.69) is 0 Å². The number of hydrogen-bond acceptors (Lipinski definition) is 4. The summed E-state index contributed by atoms with van der Waals surface area (Å²) in [7, 11) is 0. The zero-order valence-electron chi connectivity index (χ0n) is 22.8. The third-order valence-electron chi connectivity index (χ3n) is 8.98. The number of fused-ring (bicyclic) bond motifs is 6. The average molecular weight is 541 g/mol. The number of benzene rings is 4. The molecule has 3 aliphatic rings. The smallest absolute Gasteiger partial charge is 0.242 e. The molecule has 4 amide bonds. The third-order valence-corrected chi connectivity index (χ3v) is 8.98. The fourth-order valence-electron chi connectivity index (χ4n) is 7.22. The third kappa shape index (κ3) is 3.50. The van der Waals surface area contributed by atoms with Crippen LogP contribution in [0, 0.1) is 25.2 Å². The normalized spacial score (nSPS) is 24.9. The molecule has 2 heterocycles. The van der Waals surface area contributed by atoms with E-state index >= 15 is 0 Å². The van der Waals surface area contributed by atoms with Gasteiger partial charge in [-0.2, -0.15) is 0 Å². The molecule has 0 unspecified atom stereocenters. The molecule has 0 radical (unpaired) electrons. The molecule has 6 heteroatoms. The Morgan fingerprint density at radius 3 is 1.83 bits per heavy atom. The molecule has 2 saturated heterocycles. The summed E-state index contributed by atoms with van der Waals surface area (Å²) in [5.74, 6) is -4.44. The van der Waals surface area contributed by atoms with Gasteiger partial charge < -0.3 is 0 Å². The fraction of sp³-hybridized carbons (Fsp3) is 0.200. The summed E-state index contributed by atoms with van der Waals surface area (Å²) in [6.45, 7) is 3.92. The Morgan fingerprint density at radius 2 is 1.20 bits per heavy atom. The van der Waals surface area contributed by atoms with Crippen LogP contribution in [0.3, 0.4) is 0 Å². The lowest BCUT2D eigenvalue weighted by Crippen LogP contribution is -2.51. The topological polar surface area (TPSA) is 74.8 Å². The van der Waals surface area contributed by atoms with Gasteiger partial charge in [-0.25, -0.2) is 9.80 Å². The van der Waals surface area contributed by atoms with Crippen LogP contribution in [0.2, 0.25) is 0 Å². The number of carbonyl (C=O) groups excluding carboxylic acids is 4. The molecule has 4 aromatic carbocycles. The maximum Gasteiger partial charge on any atom is 0.242 e. The van der Waals surface area contributed by atoms with Gasteiger partial charge in [0.25, 0.3) is 0 Å². The maximum absolute atomic E-state index is 14.9. The van der Waals surface area contributed by atoms with Gasteiger partial charge in [0.2, 0.25) is 23.6 Å². The first kappa shape index (κ1) is 25.1. The molecule has 4 atom stereocenters. The summed E-state index contributed by atoms with van der Waals surface area (Å²) in [4.78, 5) is 60.7. The van der Waals surface area contributed by atoms with Crippen molar-refractivity contribution in [1.82, 2.24) is 0 Å². The Hall–Kier alpha value is -4.84. The molecule has 0 spiro atoms. The highest BCUT2D eigenvalue weighted by Gasteiger charge is 2.73. The van der Waals surface area contributed by atoms with Gasteiger partial charge in [0, 0.05) is 0 Å². The first-order valence-electron chi connectivity index (χ1n) is 13.9. The second-order valence-electron chi connectivity index (χ2n) is 11.4. The van der Waals surface area contributed by atoms with Gasteiger partial charge in [-0.15, -0.1) is 0 Å². The van der Waals surface area contributed by atoms with E-state index < -0.39 is 35.0 Å². The lowest BCUT2D eigenvalue weighted by molar-refractivity contribution is -0.138. The van der Waals surface area contributed by atoms with Crippen molar-refractivity contribution in [2.24, 2.45) is 11.3 Å². The van der Waals surface area contributed by atoms with Crippen LogP contribution < -0.4 is 9.80 Å². The fourth-order valence-corrected chi connectivity index (χ4v) is 7.22. The minimum Gasteiger partial charge on any atom is -0.274 e. The molecule has 41 heavy (non-hydrogen) atoms. The monoisotopic (exact) mass is 540 g/mol. The number of hydrogen-bond donors (Lipinski definition) is 0. The first-order chi connectivity index (χ1) is 19.8. The van der Waals surface area contributed by atoms with Crippen molar-refractivity contribution in [3.8, 4) is 0 Å². The number of para-hydroxylation sites is 2. The predicted octanol–water partition coefficient (Wildman–Crippen LogP) is 5.48. The molecule has 0 N–H and O–H groups in total. The molecule has 0 aromatic heterocycles. The van der Waals surface area contributed by atoms with Crippen LogP contribution in [0.15, 0.2) is 103 Å². The Kier molecular flexibility index (Phi) is 5.58. The van der Waals surface area contributed by atoms with Crippen molar-refractivity contribution in [3.63, 3.8) is 0 Å². The Labute approximate surface area is 238 Å². The maximum atomic E-state index is 14.9. The number of rotatable bonds is 4. The molecule has 6 nitrogen and oxygen atoms in total. The van der Waals surface area contributed by atoms with Crippen LogP contribution in [0.5, 0.6) is 0 Å². The largest absolute Gasteiger partial charge is 0.274 e. The van der Waals surface area contributed by atoms with Crippen LogP contribution in [0.25, 0.3) is 0 Å². The van der Waals surface area contributed by atoms with E-state index in [9.17, 15) is 19.2 Å². The molecule has 2 fully saturated rings. The lowest BCUT2D eigenvalue weighted by Gasteiger charge is -2.43. The van der Waals surface area contributed by atoms with Crippen LogP contribution in [-0.4, -0.2) is 23.6 Å². The van der Waals surface area contributed by atoms with Gasteiger partial charge in [-0.05, 0) is 61.2 Å². The zero-order valence-corrected chi connectivity index (χ0v) is 22.8. The minimum absolute atomic E-state index is 0.155.